The molecule has 20 heavy (non-hydrogen) atoms. The first-order valence-corrected chi connectivity index (χ1v) is 6.76. The lowest BCUT2D eigenvalue weighted by molar-refractivity contribution is 0.0594. The van der Waals surface area contributed by atoms with E-state index in [2.05, 4.69) is 31.0 Å². The van der Waals surface area contributed by atoms with E-state index in [0.717, 1.165) is 16.9 Å². The van der Waals surface area contributed by atoms with Gasteiger partial charge in [0.15, 0.2) is 0 Å². The zero-order chi connectivity index (χ0) is 14.7. The topological polar surface area (TPSA) is 54.1 Å². The van der Waals surface area contributed by atoms with Crippen molar-refractivity contribution in [2.75, 3.05) is 12.4 Å². The lowest BCUT2D eigenvalue weighted by Crippen LogP contribution is -2.04. The highest BCUT2D eigenvalue weighted by molar-refractivity contribution is 9.10. The van der Waals surface area contributed by atoms with Crippen LogP contribution in [-0.4, -0.2) is 18.1 Å². The second kappa shape index (κ2) is 6.09. The Kier molecular flexibility index (Phi) is 4.44. The average Bonchev–Trinajstić information content (AvgIpc) is 2.89. The van der Waals surface area contributed by atoms with Crippen LogP contribution in [0.25, 0.3) is 0 Å². The SMILES string of the molecule is COC(=O)c1ccc(CNc2cc(Br)c(F)cc2C)[nH]1. The van der Waals surface area contributed by atoms with Crippen molar-refractivity contribution in [1.82, 2.24) is 4.98 Å². The minimum atomic E-state index is -0.406. The van der Waals surface area contributed by atoms with Gasteiger partial charge in [0.25, 0.3) is 0 Å². The van der Waals surface area contributed by atoms with Gasteiger partial charge in [0.1, 0.15) is 11.5 Å². The number of hydrogen-bond acceptors (Lipinski definition) is 3. The number of benzene rings is 1. The number of ether oxygens (including phenoxy) is 1. The van der Waals surface area contributed by atoms with Gasteiger partial charge in [-0.2, -0.15) is 0 Å². The van der Waals surface area contributed by atoms with Crippen LogP contribution in [0.2, 0.25) is 0 Å². The number of aryl methyl sites for hydroxylation is 1. The van der Waals surface area contributed by atoms with Gasteiger partial charge >= 0.3 is 5.97 Å². The first-order chi connectivity index (χ1) is 9.51. The van der Waals surface area contributed by atoms with Crippen molar-refractivity contribution < 1.29 is 13.9 Å². The molecule has 0 amide bonds. The first kappa shape index (κ1) is 14.6. The number of anilines is 1. The summed E-state index contributed by atoms with van der Waals surface area (Å²) in [5.74, 6) is -0.696. The Balaban J connectivity index is 2.07. The lowest BCUT2D eigenvalue weighted by atomic mass is 10.2. The molecular formula is C14H14BrFN2O2. The first-order valence-electron chi connectivity index (χ1n) is 5.97. The third-order valence-corrected chi connectivity index (χ3v) is 3.50. The van der Waals surface area contributed by atoms with E-state index >= 15 is 0 Å². The molecule has 4 nitrogen and oxygen atoms in total. The smallest absolute Gasteiger partial charge is 0.354 e. The zero-order valence-electron chi connectivity index (χ0n) is 11.1. The quantitative estimate of drug-likeness (QED) is 0.835. The molecule has 0 saturated heterocycles. The molecule has 6 heteroatoms. The summed E-state index contributed by atoms with van der Waals surface area (Å²) in [6.45, 7) is 2.32. The van der Waals surface area contributed by atoms with E-state index < -0.39 is 5.97 Å². The largest absolute Gasteiger partial charge is 0.464 e. The summed E-state index contributed by atoms with van der Waals surface area (Å²) in [7, 11) is 1.33. The van der Waals surface area contributed by atoms with Gasteiger partial charge in [0.05, 0.1) is 18.1 Å². The van der Waals surface area contributed by atoms with Crippen LogP contribution in [0, 0.1) is 12.7 Å². The molecule has 0 aliphatic heterocycles. The predicted molar refractivity (Wildman–Crippen MR) is 78.3 cm³/mol. The molecule has 0 aliphatic rings. The van der Waals surface area contributed by atoms with Crippen LogP contribution in [0.1, 0.15) is 21.7 Å². The summed E-state index contributed by atoms with van der Waals surface area (Å²) >= 11 is 3.15. The number of aromatic nitrogens is 1. The molecule has 1 aromatic heterocycles. The van der Waals surface area contributed by atoms with E-state index in [1.165, 1.54) is 13.2 Å². The Bertz CT molecular complexity index is 640. The van der Waals surface area contributed by atoms with Crippen molar-refractivity contribution in [3.8, 4) is 0 Å². The molecule has 0 fully saturated rings. The number of aromatic amines is 1. The molecule has 0 atom stereocenters. The van der Waals surface area contributed by atoms with Gasteiger partial charge in [-0.05, 0) is 52.7 Å². The molecule has 106 valence electrons. The van der Waals surface area contributed by atoms with E-state index in [9.17, 15) is 9.18 Å². The molecule has 1 aromatic carbocycles. The van der Waals surface area contributed by atoms with E-state index in [4.69, 9.17) is 0 Å². The molecule has 1 heterocycles. The maximum absolute atomic E-state index is 13.3. The average molecular weight is 341 g/mol. The molecule has 0 aliphatic carbocycles. The maximum atomic E-state index is 13.3. The van der Waals surface area contributed by atoms with Crippen molar-refractivity contribution in [3.05, 3.63) is 51.5 Å². The molecule has 2 N–H and O–H groups in total. The van der Waals surface area contributed by atoms with E-state index in [1.54, 1.807) is 18.2 Å². The molecule has 2 aromatic rings. The number of esters is 1. The highest BCUT2D eigenvalue weighted by Gasteiger charge is 2.09. The molecule has 0 radical (unpaired) electrons. The number of methoxy groups -OCH3 is 1. The number of halogens is 2. The van der Waals surface area contributed by atoms with Gasteiger partial charge in [0.2, 0.25) is 0 Å². The molecule has 2 rings (SSSR count). The fourth-order valence-electron chi connectivity index (χ4n) is 1.80. The number of nitrogens with one attached hydrogen (secondary N) is 2. The summed E-state index contributed by atoms with van der Waals surface area (Å²) in [5, 5.41) is 3.19. The van der Waals surface area contributed by atoms with Crippen molar-refractivity contribution in [3.63, 3.8) is 0 Å². The number of carbonyl (C=O) groups excluding carboxylic acids is 1. The van der Waals surface area contributed by atoms with Crippen LogP contribution in [0.5, 0.6) is 0 Å². The number of carbonyl (C=O) groups is 1. The van der Waals surface area contributed by atoms with Gasteiger partial charge in [-0.15, -0.1) is 0 Å². The number of H-pyrrole nitrogens is 1. The summed E-state index contributed by atoms with van der Waals surface area (Å²) in [5.41, 5.74) is 2.88. The Labute approximate surface area is 124 Å². The van der Waals surface area contributed by atoms with Crippen LogP contribution in [0.3, 0.4) is 0 Å². The van der Waals surface area contributed by atoms with Gasteiger partial charge in [-0.3, -0.25) is 0 Å². The Morgan fingerprint density at radius 3 is 2.90 bits per heavy atom. The predicted octanol–water partition coefficient (Wildman–Crippen LogP) is 3.62. The van der Waals surface area contributed by atoms with E-state index in [0.29, 0.717) is 16.7 Å². The Hall–Kier alpha value is -1.82. The lowest BCUT2D eigenvalue weighted by Gasteiger charge is -2.10. The third-order valence-electron chi connectivity index (χ3n) is 2.89. The van der Waals surface area contributed by atoms with Crippen LogP contribution < -0.4 is 5.32 Å². The Morgan fingerprint density at radius 1 is 1.45 bits per heavy atom. The van der Waals surface area contributed by atoms with E-state index in [1.807, 2.05) is 6.92 Å². The second-order valence-corrected chi connectivity index (χ2v) is 5.18. The Morgan fingerprint density at radius 2 is 2.20 bits per heavy atom. The van der Waals surface area contributed by atoms with Crippen molar-refractivity contribution in [1.29, 1.82) is 0 Å². The van der Waals surface area contributed by atoms with Crippen LogP contribution in [-0.2, 0) is 11.3 Å². The molecular weight excluding hydrogens is 327 g/mol. The zero-order valence-corrected chi connectivity index (χ0v) is 12.7. The molecule has 0 saturated carbocycles. The van der Waals surface area contributed by atoms with E-state index in [-0.39, 0.29) is 5.82 Å². The van der Waals surface area contributed by atoms with Gasteiger partial charge < -0.3 is 15.0 Å². The van der Waals surface area contributed by atoms with Gasteiger partial charge in [-0.25, -0.2) is 9.18 Å². The van der Waals surface area contributed by atoms with Gasteiger partial charge in [0, 0.05) is 11.4 Å². The summed E-state index contributed by atoms with van der Waals surface area (Å²) < 4.78 is 18.4. The summed E-state index contributed by atoms with van der Waals surface area (Å²) in [6, 6.07) is 6.61. The van der Waals surface area contributed by atoms with Crippen molar-refractivity contribution in [2.24, 2.45) is 0 Å². The molecule has 0 unspecified atom stereocenters. The van der Waals surface area contributed by atoms with Crippen LogP contribution in [0.4, 0.5) is 10.1 Å². The normalized spacial score (nSPS) is 10.4. The molecule has 0 spiro atoms. The third kappa shape index (κ3) is 3.19. The monoisotopic (exact) mass is 340 g/mol. The highest BCUT2D eigenvalue weighted by Crippen LogP contribution is 2.24. The summed E-state index contributed by atoms with van der Waals surface area (Å²) in [4.78, 5) is 14.3. The second-order valence-electron chi connectivity index (χ2n) is 4.32. The highest BCUT2D eigenvalue weighted by atomic mass is 79.9. The van der Waals surface area contributed by atoms with Crippen molar-refractivity contribution >= 4 is 27.6 Å². The van der Waals surface area contributed by atoms with Crippen LogP contribution >= 0.6 is 15.9 Å². The minimum Gasteiger partial charge on any atom is -0.464 e. The number of rotatable bonds is 4. The fraction of sp³-hybridized carbons (Fsp3) is 0.214. The van der Waals surface area contributed by atoms with Crippen molar-refractivity contribution in [2.45, 2.75) is 13.5 Å². The number of hydrogen-bond donors (Lipinski definition) is 2. The van der Waals surface area contributed by atoms with Crippen LogP contribution in [0.15, 0.2) is 28.7 Å². The minimum absolute atomic E-state index is 0.291. The maximum Gasteiger partial charge on any atom is 0.354 e. The van der Waals surface area contributed by atoms with Gasteiger partial charge in [-0.1, -0.05) is 0 Å². The summed E-state index contributed by atoms with van der Waals surface area (Å²) in [6.07, 6.45) is 0. The fourth-order valence-corrected chi connectivity index (χ4v) is 2.14. The standard InChI is InChI=1S/C14H14BrFN2O2/c1-8-5-11(16)10(15)6-13(8)17-7-9-3-4-12(18-9)14(19)20-2/h3-6,17-18H,7H2,1-2H3. The molecule has 0 bridgehead atoms.